The van der Waals surface area contributed by atoms with Gasteiger partial charge in [-0.25, -0.2) is 4.98 Å². The van der Waals surface area contributed by atoms with Crippen molar-refractivity contribution in [2.24, 2.45) is 0 Å². The molecule has 144 valence electrons. The Bertz CT molecular complexity index is 1030. The highest BCUT2D eigenvalue weighted by Crippen LogP contribution is 2.29. The van der Waals surface area contributed by atoms with Crippen molar-refractivity contribution in [1.82, 2.24) is 20.0 Å². The van der Waals surface area contributed by atoms with Crippen LogP contribution in [0.5, 0.6) is 0 Å². The van der Waals surface area contributed by atoms with E-state index in [9.17, 15) is 0 Å². The quantitative estimate of drug-likeness (QED) is 0.423. The molecule has 0 aliphatic rings. The Kier molecular flexibility index (Phi) is 5.24. The van der Waals surface area contributed by atoms with Gasteiger partial charge in [-0.3, -0.25) is 4.90 Å². The molecule has 0 N–H and O–H groups in total. The second kappa shape index (κ2) is 7.81. The van der Waals surface area contributed by atoms with Crippen LogP contribution in [0.3, 0.4) is 0 Å². The van der Waals surface area contributed by atoms with E-state index in [4.69, 9.17) is 9.51 Å². The summed E-state index contributed by atoms with van der Waals surface area (Å²) in [5.74, 6) is 1.75. The van der Waals surface area contributed by atoms with Gasteiger partial charge in [-0.2, -0.15) is 4.98 Å². The van der Waals surface area contributed by atoms with Crippen molar-refractivity contribution in [2.75, 3.05) is 7.05 Å². The largest absolute Gasteiger partial charge is 0.338 e. The van der Waals surface area contributed by atoms with E-state index in [2.05, 4.69) is 79.3 Å². The van der Waals surface area contributed by atoms with Crippen molar-refractivity contribution in [1.29, 1.82) is 0 Å². The Balaban J connectivity index is 1.46. The van der Waals surface area contributed by atoms with Crippen molar-refractivity contribution in [3.8, 4) is 11.4 Å². The van der Waals surface area contributed by atoms with Gasteiger partial charge in [-0.05, 0) is 37.6 Å². The summed E-state index contributed by atoms with van der Waals surface area (Å²) in [4.78, 5) is 11.5. The van der Waals surface area contributed by atoms with Crippen LogP contribution in [0, 0.1) is 0 Å². The van der Waals surface area contributed by atoms with Gasteiger partial charge in [-0.1, -0.05) is 55.4 Å². The molecule has 28 heavy (non-hydrogen) atoms. The Morgan fingerprint density at radius 3 is 2.46 bits per heavy atom. The number of nitrogens with zero attached hydrogens (tertiary/aromatic N) is 4. The van der Waals surface area contributed by atoms with Crippen molar-refractivity contribution < 1.29 is 4.52 Å². The molecular weight excluding hydrogens is 368 g/mol. The molecule has 1 atom stereocenters. The molecule has 0 aliphatic heterocycles. The highest BCUT2D eigenvalue weighted by molar-refractivity contribution is 7.18. The molecule has 0 spiro atoms. The summed E-state index contributed by atoms with van der Waals surface area (Å²) in [5.41, 5.74) is 3.32. The lowest BCUT2D eigenvalue weighted by Gasteiger charge is -2.20. The van der Waals surface area contributed by atoms with E-state index >= 15 is 0 Å². The van der Waals surface area contributed by atoms with E-state index in [1.807, 2.05) is 12.1 Å². The number of benzene rings is 2. The maximum Gasteiger partial charge on any atom is 0.241 e. The lowest BCUT2D eigenvalue weighted by Crippen LogP contribution is -2.22. The fraction of sp³-hybridized carbons (Fsp3) is 0.318. The fourth-order valence-electron chi connectivity index (χ4n) is 3.06. The number of hydrogen-bond donors (Lipinski definition) is 0. The van der Waals surface area contributed by atoms with Crippen molar-refractivity contribution >= 4 is 21.6 Å². The summed E-state index contributed by atoms with van der Waals surface area (Å²) in [5, 5.41) is 5.25. The Morgan fingerprint density at radius 2 is 1.75 bits per heavy atom. The number of thiazole rings is 1. The number of fused-ring (bicyclic) bond motifs is 1. The molecule has 5 nitrogen and oxygen atoms in total. The first-order valence-electron chi connectivity index (χ1n) is 9.50. The molecule has 0 bridgehead atoms. The van der Waals surface area contributed by atoms with E-state index in [0.717, 1.165) is 16.1 Å². The van der Waals surface area contributed by atoms with Crippen molar-refractivity contribution in [3.63, 3.8) is 0 Å². The third-order valence-electron chi connectivity index (χ3n) is 5.02. The average Bonchev–Trinajstić information content (AvgIpc) is 3.34. The van der Waals surface area contributed by atoms with Crippen LogP contribution in [0.15, 0.2) is 53.1 Å². The van der Waals surface area contributed by atoms with Gasteiger partial charge in [0.05, 0.1) is 22.8 Å². The second-order valence-electron chi connectivity index (χ2n) is 7.40. The molecule has 0 saturated carbocycles. The van der Waals surface area contributed by atoms with Crippen molar-refractivity contribution in [2.45, 2.75) is 39.3 Å². The van der Waals surface area contributed by atoms with Gasteiger partial charge in [0.2, 0.25) is 11.7 Å². The molecule has 4 aromatic rings. The third-order valence-corrected chi connectivity index (χ3v) is 6.22. The zero-order chi connectivity index (χ0) is 19.7. The Labute approximate surface area is 169 Å². The molecule has 0 radical (unpaired) electrons. The minimum Gasteiger partial charge on any atom is -0.338 e. The van der Waals surface area contributed by atoms with Crippen LogP contribution >= 0.6 is 11.3 Å². The van der Waals surface area contributed by atoms with E-state index in [1.54, 1.807) is 11.3 Å². The summed E-state index contributed by atoms with van der Waals surface area (Å²) >= 11 is 1.73. The Morgan fingerprint density at radius 1 is 1.00 bits per heavy atom. The maximum absolute atomic E-state index is 5.49. The predicted octanol–water partition coefficient (Wildman–Crippen LogP) is 5.66. The van der Waals surface area contributed by atoms with E-state index in [-0.39, 0.29) is 6.04 Å². The van der Waals surface area contributed by atoms with Crippen LogP contribution in [0.4, 0.5) is 0 Å². The molecule has 2 aromatic heterocycles. The fourth-order valence-corrected chi connectivity index (χ4v) is 4.15. The number of hydrogen-bond acceptors (Lipinski definition) is 6. The molecule has 4 rings (SSSR count). The standard InChI is InChI=1S/C22H24N4OS/c1-14(2)16-9-11-17(12-10-16)21-24-20(27-25-21)13-26(4)15(3)22-23-18-7-5-6-8-19(18)28-22/h5-12,14-15H,13H2,1-4H3. The highest BCUT2D eigenvalue weighted by atomic mass is 32.1. The van der Waals surface area contributed by atoms with Crippen LogP contribution in [-0.4, -0.2) is 27.1 Å². The van der Waals surface area contributed by atoms with Crippen LogP contribution in [-0.2, 0) is 6.54 Å². The highest BCUT2D eigenvalue weighted by Gasteiger charge is 2.19. The number of para-hydroxylation sites is 1. The summed E-state index contributed by atoms with van der Waals surface area (Å²) in [6, 6.07) is 16.7. The van der Waals surface area contributed by atoms with Crippen LogP contribution < -0.4 is 0 Å². The first-order valence-corrected chi connectivity index (χ1v) is 10.3. The van der Waals surface area contributed by atoms with E-state index in [0.29, 0.717) is 24.2 Å². The first-order chi connectivity index (χ1) is 13.5. The third kappa shape index (κ3) is 3.84. The van der Waals surface area contributed by atoms with Gasteiger partial charge >= 0.3 is 0 Å². The lowest BCUT2D eigenvalue weighted by molar-refractivity contribution is 0.216. The second-order valence-corrected chi connectivity index (χ2v) is 8.46. The molecule has 0 amide bonds. The predicted molar refractivity (Wildman–Crippen MR) is 113 cm³/mol. The number of rotatable bonds is 6. The minimum absolute atomic E-state index is 0.165. The lowest BCUT2D eigenvalue weighted by atomic mass is 10.0. The molecule has 0 aliphatic carbocycles. The van der Waals surface area contributed by atoms with Gasteiger partial charge in [0, 0.05) is 5.56 Å². The first kappa shape index (κ1) is 18.8. The van der Waals surface area contributed by atoms with Crippen LogP contribution in [0.25, 0.3) is 21.6 Å². The SMILES string of the molecule is CC(C)c1ccc(-c2noc(CN(C)C(C)c3nc4ccccc4s3)n2)cc1. The molecule has 2 aromatic carbocycles. The molecule has 0 fully saturated rings. The molecule has 1 unspecified atom stereocenters. The zero-order valence-corrected chi connectivity index (χ0v) is 17.4. The Hall–Kier alpha value is -2.57. The average molecular weight is 393 g/mol. The molecular formula is C22H24N4OS. The molecule has 2 heterocycles. The van der Waals surface area contributed by atoms with Gasteiger partial charge in [-0.15, -0.1) is 11.3 Å². The summed E-state index contributed by atoms with van der Waals surface area (Å²) in [6.45, 7) is 7.10. The topological polar surface area (TPSA) is 55.1 Å². The normalized spacial score (nSPS) is 12.9. The van der Waals surface area contributed by atoms with Gasteiger partial charge < -0.3 is 4.52 Å². The summed E-state index contributed by atoms with van der Waals surface area (Å²) < 4.78 is 6.70. The summed E-state index contributed by atoms with van der Waals surface area (Å²) in [7, 11) is 2.05. The smallest absolute Gasteiger partial charge is 0.241 e. The summed E-state index contributed by atoms with van der Waals surface area (Å²) in [6.07, 6.45) is 0. The van der Waals surface area contributed by atoms with Crippen LogP contribution in [0.2, 0.25) is 0 Å². The maximum atomic E-state index is 5.49. The monoisotopic (exact) mass is 392 g/mol. The molecule has 0 saturated heterocycles. The van der Waals surface area contributed by atoms with Crippen LogP contribution in [0.1, 0.15) is 49.2 Å². The minimum atomic E-state index is 0.165. The molecule has 6 heteroatoms. The van der Waals surface area contributed by atoms with E-state index < -0.39 is 0 Å². The zero-order valence-electron chi connectivity index (χ0n) is 16.6. The van der Waals surface area contributed by atoms with Gasteiger partial charge in [0.15, 0.2) is 0 Å². The number of aromatic nitrogens is 3. The van der Waals surface area contributed by atoms with E-state index in [1.165, 1.54) is 10.3 Å². The van der Waals surface area contributed by atoms with Gasteiger partial charge in [0.25, 0.3) is 0 Å². The van der Waals surface area contributed by atoms with Gasteiger partial charge in [0.1, 0.15) is 5.01 Å². The van der Waals surface area contributed by atoms with Crippen molar-refractivity contribution in [3.05, 3.63) is 65.0 Å².